The van der Waals surface area contributed by atoms with E-state index in [9.17, 15) is 4.79 Å². The molecule has 6 nitrogen and oxygen atoms in total. The highest BCUT2D eigenvalue weighted by molar-refractivity contribution is 5.77. The Morgan fingerprint density at radius 3 is 2.65 bits per heavy atom. The lowest BCUT2D eigenvalue weighted by atomic mass is 10.0. The van der Waals surface area contributed by atoms with Crippen molar-refractivity contribution >= 4 is 5.91 Å². The third-order valence-electron chi connectivity index (χ3n) is 8.00. The molecule has 1 aromatic carbocycles. The highest BCUT2D eigenvalue weighted by atomic mass is 16.6. The summed E-state index contributed by atoms with van der Waals surface area (Å²) in [4.78, 5) is 17.9. The lowest BCUT2D eigenvalue weighted by Gasteiger charge is -2.20. The molecule has 37 heavy (non-hydrogen) atoms. The molecule has 3 heterocycles. The molecule has 4 rings (SSSR count). The van der Waals surface area contributed by atoms with Crippen LogP contribution in [0, 0.1) is 5.92 Å². The van der Waals surface area contributed by atoms with Crippen LogP contribution in [0.15, 0.2) is 30.1 Å². The first-order chi connectivity index (χ1) is 18.2. The predicted molar refractivity (Wildman–Crippen MR) is 150 cm³/mol. The van der Waals surface area contributed by atoms with Gasteiger partial charge in [-0.05, 0) is 81.8 Å². The average Bonchev–Trinajstić information content (AvgIpc) is 3.59. The summed E-state index contributed by atoms with van der Waals surface area (Å²) >= 11 is 0. The van der Waals surface area contributed by atoms with E-state index in [2.05, 4.69) is 40.4 Å². The Labute approximate surface area is 224 Å². The second-order valence-corrected chi connectivity index (χ2v) is 11.2. The lowest BCUT2D eigenvalue weighted by molar-refractivity contribution is -0.120. The lowest BCUT2D eigenvalue weighted by Crippen LogP contribution is -2.26. The molecule has 0 spiro atoms. The third kappa shape index (κ3) is 9.55. The van der Waals surface area contributed by atoms with Crippen LogP contribution < -0.4 is 14.8 Å². The zero-order valence-corrected chi connectivity index (χ0v) is 23.1. The van der Waals surface area contributed by atoms with Crippen molar-refractivity contribution in [3.05, 3.63) is 35.7 Å². The summed E-state index contributed by atoms with van der Waals surface area (Å²) in [6.07, 6.45) is 17.3. The van der Waals surface area contributed by atoms with Gasteiger partial charge in [0.15, 0.2) is 11.5 Å². The topological polar surface area (TPSA) is 54.0 Å². The maximum absolute atomic E-state index is 12.8. The molecule has 0 aromatic heterocycles. The molecule has 0 saturated carbocycles. The molecule has 1 N–H and O–H groups in total. The van der Waals surface area contributed by atoms with Gasteiger partial charge in [0, 0.05) is 37.8 Å². The number of likely N-dealkylation sites (tertiary alicyclic amines) is 2. The molecule has 2 fully saturated rings. The smallest absolute Gasteiger partial charge is 0.224 e. The van der Waals surface area contributed by atoms with Crippen LogP contribution in [0.1, 0.15) is 89.5 Å². The Kier molecular flexibility index (Phi) is 11.5. The maximum atomic E-state index is 12.8. The Morgan fingerprint density at radius 2 is 1.81 bits per heavy atom. The summed E-state index contributed by atoms with van der Waals surface area (Å²) in [5.74, 6) is 2.52. The molecular formula is C31H49N3O3. The van der Waals surface area contributed by atoms with Crippen LogP contribution in [0.5, 0.6) is 11.5 Å². The number of allylic oxidation sites excluding steroid dienone is 1. The SMILES string of the molecule is CCCCCCCC(=O)N/C(=C\N1CCC(CCCCN2CCCC2)C1)Cc1ccc2c(c1)OCCO2. The number of hydrogen-bond acceptors (Lipinski definition) is 5. The molecular weight excluding hydrogens is 462 g/mol. The molecule has 0 bridgehead atoms. The monoisotopic (exact) mass is 511 g/mol. The summed E-state index contributed by atoms with van der Waals surface area (Å²) in [5.41, 5.74) is 2.13. The van der Waals surface area contributed by atoms with Crippen molar-refractivity contribution in [3.63, 3.8) is 0 Å². The number of amides is 1. The number of ether oxygens (including phenoxy) is 2. The summed E-state index contributed by atoms with van der Waals surface area (Å²) in [6.45, 7) is 9.47. The second kappa shape index (κ2) is 15.3. The van der Waals surface area contributed by atoms with Crippen LogP contribution in [0.3, 0.4) is 0 Å². The van der Waals surface area contributed by atoms with Gasteiger partial charge in [0.2, 0.25) is 5.91 Å². The molecule has 0 aliphatic carbocycles. The van der Waals surface area contributed by atoms with E-state index in [0.717, 1.165) is 54.6 Å². The Balaban J connectivity index is 1.29. The van der Waals surface area contributed by atoms with E-state index in [4.69, 9.17) is 9.47 Å². The number of rotatable bonds is 15. The summed E-state index contributed by atoms with van der Waals surface area (Å²) in [6, 6.07) is 6.14. The van der Waals surface area contributed by atoms with Crippen molar-refractivity contribution in [2.24, 2.45) is 5.92 Å². The molecule has 1 unspecified atom stereocenters. The third-order valence-corrected chi connectivity index (χ3v) is 8.00. The molecule has 3 aliphatic rings. The minimum Gasteiger partial charge on any atom is -0.486 e. The van der Waals surface area contributed by atoms with Crippen molar-refractivity contribution in [2.45, 2.75) is 90.4 Å². The van der Waals surface area contributed by atoms with E-state index < -0.39 is 0 Å². The van der Waals surface area contributed by atoms with Crippen LogP contribution in [-0.4, -0.2) is 61.6 Å². The highest BCUT2D eigenvalue weighted by Crippen LogP contribution is 2.31. The van der Waals surface area contributed by atoms with Crippen molar-refractivity contribution < 1.29 is 14.3 Å². The van der Waals surface area contributed by atoms with E-state index in [0.29, 0.717) is 26.1 Å². The zero-order valence-electron chi connectivity index (χ0n) is 23.1. The van der Waals surface area contributed by atoms with Gasteiger partial charge in [-0.15, -0.1) is 0 Å². The fraction of sp³-hybridized carbons (Fsp3) is 0.710. The summed E-state index contributed by atoms with van der Waals surface area (Å²) in [7, 11) is 0. The number of hydrogen-bond donors (Lipinski definition) is 1. The molecule has 1 atom stereocenters. The number of carbonyl (C=O) groups is 1. The van der Waals surface area contributed by atoms with Gasteiger partial charge in [-0.1, -0.05) is 45.1 Å². The standard InChI is InChI=1S/C31H49N3O3/c1-2-3-4-5-6-12-31(35)32-28(22-27-13-14-29-30(23-27)37-21-20-36-29)25-34-19-15-26(24-34)11-7-8-16-33-17-9-10-18-33/h13-14,23,25-26H,2-12,15-22,24H2,1H3,(H,32,35)/b28-25-. The average molecular weight is 512 g/mol. The van der Waals surface area contributed by atoms with Crippen molar-refractivity contribution in [1.29, 1.82) is 0 Å². The highest BCUT2D eigenvalue weighted by Gasteiger charge is 2.21. The van der Waals surface area contributed by atoms with Crippen molar-refractivity contribution in [3.8, 4) is 11.5 Å². The summed E-state index contributed by atoms with van der Waals surface area (Å²) < 4.78 is 11.5. The van der Waals surface area contributed by atoms with Crippen molar-refractivity contribution in [1.82, 2.24) is 15.1 Å². The van der Waals surface area contributed by atoms with Gasteiger partial charge in [0.25, 0.3) is 0 Å². The fourth-order valence-electron chi connectivity index (χ4n) is 5.88. The maximum Gasteiger partial charge on any atom is 0.224 e. The number of benzene rings is 1. The van der Waals surface area contributed by atoms with Crippen LogP contribution in [0.25, 0.3) is 0 Å². The van der Waals surface area contributed by atoms with Gasteiger partial charge in [0.05, 0.1) is 0 Å². The van der Waals surface area contributed by atoms with Gasteiger partial charge < -0.3 is 24.6 Å². The van der Waals surface area contributed by atoms with Gasteiger partial charge in [0.1, 0.15) is 13.2 Å². The second-order valence-electron chi connectivity index (χ2n) is 11.2. The number of carbonyl (C=O) groups excluding carboxylic acids is 1. The number of unbranched alkanes of at least 4 members (excludes halogenated alkanes) is 5. The van der Waals surface area contributed by atoms with Crippen LogP contribution in [0.2, 0.25) is 0 Å². The molecule has 6 heteroatoms. The first-order valence-corrected chi connectivity index (χ1v) is 15.0. The van der Waals surface area contributed by atoms with Gasteiger partial charge >= 0.3 is 0 Å². The quantitative estimate of drug-likeness (QED) is 0.297. The molecule has 2 saturated heterocycles. The van der Waals surface area contributed by atoms with E-state index in [1.54, 1.807) is 0 Å². The van der Waals surface area contributed by atoms with E-state index >= 15 is 0 Å². The minimum atomic E-state index is 0.137. The Bertz CT molecular complexity index is 865. The van der Waals surface area contributed by atoms with Crippen LogP contribution in [-0.2, 0) is 11.2 Å². The number of nitrogens with one attached hydrogen (secondary N) is 1. The predicted octanol–water partition coefficient (Wildman–Crippen LogP) is 5.91. The molecule has 3 aliphatic heterocycles. The Morgan fingerprint density at radius 1 is 1.00 bits per heavy atom. The van der Waals surface area contributed by atoms with Gasteiger partial charge in [-0.25, -0.2) is 0 Å². The zero-order chi connectivity index (χ0) is 25.7. The van der Waals surface area contributed by atoms with E-state index in [1.807, 2.05) is 6.07 Å². The minimum absolute atomic E-state index is 0.137. The first-order valence-electron chi connectivity index (χ1n) is 15.0. The van der Waals surface area contributed by atoms with Crippen LogP contribution >= 0.6 is 0 Å². The van der Waals surface area contributed by atoms with Crippen molar-refractivity contribution in [2.75, 3.05) is 45.9 Å². The number of nitrogens with zero attached hydrogens (tertiary/aromatic N) is 2. The molecule has 1 amide bonds. The van der Waals surface area contributed by atoms with Gasteiger partial charge in [-0.2, -0.15) is 0 Å². The number of fused-ring (bicyclic) bond motifs is 1. The normalized spacial score (nSPS) is 20.0. The fourth-order valence-corrected chi connectivity index (χ4v) is 5.88. The van der Waals surface area contributed by atoms with E-state index in [1.165, 1.54) is 77.4 Å². The first kappa shape index (κ1) is 27.8. The molecule has 0 radical (unpaired) electrons. The largest absolute Gasteiger partial charge is 0.486 e. The van der Waals surface area contributed by atoms with E-state index in [-0.39, 0.29) is 5.91 Å². The molecule has 206 valence electrons. The summed E-state index contributed by atoms with van der Waals surface area (Å²) in [5, 5.41) is 3.26. The van der Waals surface area contributed by atoms with Gasteiger partial charge in [-0.3, -0.25) is 4.79 Å². The Hall–Kier alpha value is -2.21. The van der Waals surface area contributed by atoms with Crippen LogP contribution in [0.4, 0.5) is 0 Å². The molecule has 1 aromatic rings.